The van der Waals surface area contributed by atoms with Crippen LogP contribution in [0.1, 0.15) is 49.3 Å². The van der Waals surface area contributed by atoms with Crippen molar-refractivity contribution in [3.63, 3.8) is 0 Å². The van der Waals surface area contributed by atoms with Crippen molar-refractivity contribution in [1.82, 2.24) is 5.32 Å². The zero-order valence-electron chi connectivity index (χ0n) is 9.09. The largest absolute Gasteiger partial charge is 0.313 e. The third-order valence-corrected chi connectivity index (χ3v) is 3.42. The quantitative estimate of drug-likeness (QED) is 0.769. The van der Waals surface area contributed by atoms with Crippen LogP contribution < -0.4 is 5.32 Å². The molecule has 0 amide bonds. The minimum atomic E-state index is 0.468. The second kappa shape index (κ2) is 4.14. The van der Waals surface area contributed by atoms with Crippen LogP contribution in [0.4, 0.5) is 0 Å². The molecule has 0 saturated heterocycles. The van der Waals surface area contributed by atoms with Gasteiger partial charge in [-0.3, -0.25) is 0 Å². The molecule has 1 N–H and O–H groups in total. The van der Waals surface area contributed by atoms with Gasteiger partial charge in [0.25, 0.3) is 0 Å². The average molecular weight is 189 g/mol. The fraction of sp³-hybridized carbons (Fsp3) is 0.538. The Kier molecular flexibility index (Phi) is 2.87. The van der Waals surface area contributed by atoms with E-state index in [1.807, 2.05) is 7.05 Å². The van der Waals surface area contributed by atoms with Gasteiger partial charge in [-0.1, -0.05) is 30.7 Å². The summed E-state index contributed by atoms with van der Waals surface area (Å²) in [4.78, 5) is 0. The zero-order chi connectivity index (χ0) is 9.97. The molecule has 1 atom stereocenters. The van der Waals surface area contributed by atoms with Crippen LogP contribution in [-0.2, 0) is 0 Å². The van der Waals surface area contributed by atoms with Crippen LogP contribution in [0.3, 0.4) is 0 Å². The summed E-state index contributed by atoms with van der Waals surface area (Å²) in [6.07, 6.45) is 4.19. The fourth-order valence-electron chi connectivity index (χ4n) is 1.99. The first-order chi connectivity index (χ1) is 6.81. The van der Waals surface area contributed by atoms with Gasteiger partial charge in [0.15, 0.2) is 0 Å². The van der Waals surface area contributed by atoms with E-state index in [1.54, 1.807) is 0 Å². The van der Waals surface area contributed by atoms with E-state index in [1.165, 1.54) is 30.4 Å². The highest BCUT2D eigenvalue weighted by Crippen LogP contribution is 2.36. The lowest BCUT2D eigenvalue weighted by Gasteiger charge is -2.26. The van der Waals surface area contributed by atoms with E-state index >= 15 is 0 Å². The van der Waals surface area contributed by atoms with Crippen LogP contribution in [0, 0.1) is 0 Å². The molecule has 1 unspecified atom stereocenters. The van der Waals surface area contributed by atoms with E-state index in [0.717, 1.165) is 5.92 Å². The van der Waals surface area contributed by atoms with E-state index in [0.29, 0.717) is 6.04 Å². The number of benzene rings is 1. The molecule has 1 heteroatoms. The van der Waals surface area contributed by atoms with Crippen molar-refractivity contribution in [2.24, 2.45) is 0 Å². The van der Waals surface area contributed by atoms with Crippen molar-refractivity contribution < 1.29 is 0 Å². The van der Waals surface area contributed by atoms with Crippen molar-refractivity contribution in [2.45, 2.75) is 38.1 Å². The second-order valence-corrected chi connectivity index (χ2v) is 4.31. The fourth-order valence-corrected chi connectivity index (χ4v) is 1.99. The number of hydrogen-bond acceptors (Lipinski definition) is 1. The molecule has 0 heterocycles. The molecule has 14 heavy (non-hydrogen) atoms. The standard InChI is InChI=1S/C13H19N/c1-10(14-2)12-7-4-8-13(9-12)11-5-3-6-11/h4,7-11,14H,3,5-6H2,1-2H3. The molecule has 1 aromatic rings. The topological polar surface area (TPSA) is 12.0 Å². The van der Waals surface area contributed by atoms with Gasteiger partial charge in [-0.05, 0) is 43.9 Å². The summed E-state index contributed by atoms with van der Waals surface area (Å²) in [6.45, 7) is 2.21. The highest BCUT2D eigenvalue weighted by Gasteiger charge is 2.19. The molecule has 1 saturated carbocycles. The van der Waals surface area contributed by atoms with Gasteiger partial charge >= 0.3 is 0 Å². The predicted molar refractivity (Wildman–Crippen MR) is 60.5 cm³/mol. The summed E-state index contributed by atoms with van der Waals surface area (Å²) in [5.41, 5.74) is 2.95. The Hall–Kier alpha value is -0.820. The smallest absolute Gasteiger partial charge is 0.0289 e. The molecule has 1 aliphatic carbocycles. The van der Waals surface area contributed by atoms with Crippen molar-refractivity contribution in [1.29, 1.82) is 0 Å². The molecule has 76 valence electrons. The van der Waals surface area contributed by atoms with E-state index < -0.39 is 0 Å². The van der Waals surface area contributed by atoms with Gasteiger partial charge in [-0.15, -0.1) is 0 Å². The summed E-state index contributed by atoms with van der Waals surface area (Å²) >= 11 is 0. The maximum atomic E-state index is 3.28. The van der Waals surface area contributed by atoms with Crippen molar-refractivity contribution >= 4 is 0 Å². The number of nitrogens with one attached hydrogen (secondary N) is 1. The lowest BCUT2D eigenvalue weighted by Crippen LogP contribution is -2.14. The SMILES string of the molecule is CNC(C)c1cccc(C2CCC2)c1. The summed E-state index contributed by atoms with van der Waals surface area (Å²) in [7, 11) is 2.01. The first kappa shape index (κ1) is 9.72. The van der Waals surface area contributed by atoms with E-state index in [-0.39, 0.29) is 0 Å². The molecule has 1 nitrogen and oxygen atoms in total. The zero-order valence-corrected chi connectivity index (χ0v) is 9.09. The van der Waals surface area contributed by atoms with Gasteiger partial charge in [0.05, 0.1) is 0 Å². The number of rotatable bonds is 3. The summed E-state index contributed by atoms with van der Waals surface area (Å²) in [5.74, 6) is 0.846. The van der Waals surface area contributed by atoms with Gasteiger partial charge < -0.3 is 5.32 Å². The molecule has 0 aliphatic heterocycles. The predicted octanol–water partition coefficient (Wildman–Crippen LogP) is 3.23. The summed E-state index contributed by atoms with van der Waals surface area (Å²) in [6, 6.07) is 9.51. The monoisotopic (exact) mass is 189 g/mol. The van der Waals surface area contributed by atoms with E-state index in [9.17, 15) is 0 Å². The van der Waals surface area contributed by atoms with Gasteiger partial charge in [0.2, 0.25) is 0 Å². The van der Waals surface area contributed by atoms with E-state index in [4.69, 9.17) is 0 Å². The van der Waals surface area contributed by atoms with E-state index in [2.05, 4.69) is 36.5 Å². The maximum absolute atomic E-state index is 3.28. The first-order valence-electron chi connectivity index (χ1n) is 5.58. The van der Waals surface area contributed by atoms with Crippen molar-refractivity contribution in [2.75, 3.05) is 7.05 Å². The Morgan fingerprint density at radius 1 is 1.36 bits per heavy atom. The van der Waals surface area contributed by atoms with Crippen molar-refractivity contribution in [3.8, 4) is 0 Å². The van der Waals surface area contributed by atoms with Crippen LogP contribution in [0.15, 0.2) is 24.3 Å². The minimum Gasteiger partial charge on any atom is -0.313 e. The molecule has 1 aliphatic rings. The molecule has 0 bridgehead atoms. The molecule has 0 radical (unpaired) electrons. The Morgan fingerprint density at radius 2 is 2.14 bits per heavy atom. The third-order valence-electron chi connectivity index (χ3n) is 3.42. The van der Waals surface area contributed by atoms with Crippen LogP contribution in [-0.4, -0.2) is 7.05 Å². The van der Waals surface area contributed by atoms with Gasteiger partial charge in [0, 0.05) is 6.04 Å². The molecule has 1 aromatic carbocycles. The average Bonchev–Trinajstić information content (AvgIpc) is 2.14. The Labute approximate surface area is 86.5 Å². The van der Waals surface area contributed by atoms with Gasteiger partial charge in [0.1, 0.15) is 0 Å². The van der Waals surface area contributed by atoms with Gasteiger partial charge in [-0.25, -0.2) is 0 Å². The van der Waals surface area contributed by atoms with Crippen LogP contribution in [0.5, 0.6) is 0 Å². The van der Waals surface area contributed by atoms with Crippen LogP contribution >= 0.6 is 0 Å². The third kappa shape index (κ3) is 1.83. The normalized spacial score (nSPS) is 19.0. The van der Waals surface area contributed by atoms with Crippen LogP contribution in [0.2, 0.25) is 0 Å². The Morgan fingerprint density at radius 3 is 2.71 bits per heavy atom. The molecule has 0 spiro atoms. The number of hydrogen-bond donors (Lipinski definition) is 1. The second-order valence-electron chi connectivity index (χ2n) is 4.31. The summed E-state index contributed by atoms with van der Waals surface area (Å²) in [5, 5.41) is 3.28. The molecule has 2 rings (SSSR count). The minimum absolute atomic E-state index is 0.468. The molecular formula is C13H19N. The molecule has 0 aromatic heterocycles. The first-order valence-corrected chi connectivity index (χ1v) is 5.58. The Balaban J connectivity index is 2.17. The molecule has 1 fully saturated rings. The van der Waals surface area contributed by atoms with Crippen molar-refractivity contribution in [3.05, 3.63) is 35.4 Å². The maximum Gasteiger partial charge on any atom is 0.0289 e. The molecular weight excluding hydrogens is 170 g/mol. The summed E-state index contributed by atoms with van der Waals surface area (Å²) < 4.78 is 0. The highest BCUT2D eigenvalue weighted by atomic mass is 14.8. The highest BCUT2D eigenvalue weighted by molar-refractivity contribution is 5.29. The van der Waals surface area contributed by atoms with Gasteiger partial charge in [-0.2, -0.15) is 0 Å². The lowest BCUT2D eigenvalue weighted by atomic mass is 9.79. The lowest BCUT2D eigenvalue weighted by molar-refractivity contribution is 0.419. The Bertz CT molecular complexity index is 282. The van der Waals surface area contributed by atoms with Crippen LogP contribution in [0.25, 0.3) is 0 Å².